The molecule has 2 aromatic carbocycles. The highest BCUT2D eigenvalue weighted by Gasteiger charge is 2.19. The molecule has 11 heteroatoms. The molecule has 202 valence electrons. The van der Waals surface area contributed by atoms with Crippen LogP contribution >= 0.6 is 11.6 Å². The number of ether oxygens (including phenoxy) is 2. The Morgan fingerprint density at radius 1 is 0.974 bits per heavy atom. The van der Waals surface area contributed by atoms with Crippen LogP contribution in [0.3, 0.4) is 0 Å². The lowest BCUT2D eigenvalue weighted by Gasteiger charge is -2.18. The number of carbonyl (C=O) groups is 3. The minimum atomic E-state index is -0.559. The molecule has 10 nitrogen and oxygen atoms in total. The second-order valence-corrected chi connectivity index (χ2v) is 9.13. The predicted molar refractivity (Wildman–Crippen MR) is 148 cm³/mol. The summed E-state index contributed by atoms with van der Waals surface area (Å²) in [5.74, 6) is -0.611. The van der Waals surface area contributed by atoms with Crippen molar-refractivity contribution in [3.05, 3.63) is 82.5 Å². The Kier molecular flexibility index (Phi) is 9.11. The molecule has 0 spiro atoms. The molecule has 4 rings (SSSR count). The minimum Gasteiger partial charge on any atom is -0.482 e. The third-order valence-corrected chi connectivity index (χ3v) is 6.18. The summed E-state index contributed by atoms with van der Waals surface area (Å²) >= 11 is 5.88. The fraction of sp³-hybridized carbons (Fsp3) is 0.250. The molecular formula is C28H28ClN5O5. The van der Waals surface area contributed by atoms with Gasteiger partial charge in [-0.2, -0.15) is 0 Å². The molecule has 1 saturated heterocycles. The highest BCUT2D eigenvalue weighted by molar-refractivity contribution is 6.30. The van der Waals surface area contributed by atoms with Gasteiger partial charge in [0.1, 0.15) is 17.4 Å². The maximum absolute atomic E-state index is 13.2. The van der Waals surface area contributed by atoms with E-state index in [0.29, 0.717) is 16.4 Å². The largest absolute Gasteiger partial charge is 0.482 e. The van der Waals surface area contributed by atoms with Crippen LogP contribution in [-0.4, -0.2) is 59.8 Å². The van der Waals surface area contributed by atoms with E-state index >= 15 is 0 Å². The smallest absolute Gasteiger partial charge is 0.344 e. The standard InChI is InChI=1S/C28H28ClN5O5/c1-2-38-25(35)17-39-21-10-11-23(22(15-21)28(37)33-24-12-9-20(29)16-31-24)32-27(36)19-7-5-18(6-8-19)26(30)34-13-3-4-14-34/h5-12,15-16,30H,2-4,13-14,17H2,1H3,(H,32,36)(H,31,33,37). The number of rotatable bonds is 9. The Morgan fingerprint density at radius 2 is 1.69 bits per heavy atom. The number of hydrogen-bond acceptors (Lipinski definition) is 7. The van der Waals surface area contributed by atoms with E-state index in [1.54, 1.807) is 43.3 Å². The summed E-state index contributed by atoms with van der Waals surface area (Å²) in [5, 5.41) is 14.2. The normalized spacial score (nSPS) is 12.5. The second-order valence-electron chi connectivity index (χ2n) is 8.69. The fourth-order valence-electron chi connectivity index (χ4n) is 3.99. The van der Waals surface area contributed by atoms with Crippen molar-refractivity contribution >= 4 is 46.7 Å². The van der Waals surface area contributed by atoms with Gasteiger partial charge < -0.3 is 25.0 Å². The van der Waals surface area contributed by atoms with Gasteiger partial charge in [-0.3, -0.25) is 15.0 Å². The third kappa shape index (κ3) is 7.32. The van der Waals surface area contributed by atoms with Crippen molar-refractivity contribution in [2.24, 2.45) is 0 Å². The molecule has 0 saturated carbocycles. The summed E-state index contributed by atoms with van der Waals surface area (Å²) in [7, 11) is 0. The zero-order valence-electron chi connectivity index (χ0n) is 21.3. The van der Waals surface area contributed by atoms with E-state index in [4.69, 9.17) is 26.5 Å². The van der Waals surface area contributed by atoms with E-state index in [-0.39, 0.29) is 36.0 Å². The number of amides is 2. The van der Waals surface area contributed by atoms with Gasteiger partial charge in [0.25, 0.3) is 11.8 Å². The van der Waals surface area contributed by atoms with Crippen LogP contribution in [0.15, 0.2) is 60.8 Å². The van der Waals surface area contributed by atoms with Crippen LogP contribution in [0.4, 0.5) is 11.5 Å². The van der Waals surface area contributed by atoms with Gasteiger partial charge in [0.05, 0.1) is 22.9 Å². The molecule has 0 aliphatic carbocycles. The van der Waals surface area contributed by atoms with Gasteiger partial charge >= 0.3 is 5.97 Å². The van der Waals surface area contributed by atoms with Gasteiger partial charge in [-0.15, -0.1) is 0 Å². The van der Waals surface area contributed by atoms with Crippen molar-refractivity contribution in [2.45, 2.75) is 19.8 Å². The summed E-state index contributed by atoms with van der Waals surface area (Å²) in [5.41, 5.74) is 1.41. The van der Waals surface area contributed by atoms with E-state index < -0.39 is 17.8 Å². The number of pyridine rings is 1. The monoisotopic (exact) mass is 549 g/mol. The molecule has 0 bridgehead atoms. The van der Waals surface area contributed by atoms with Crippen molar-refractivity contribution < 1.29 is 23.9 Å². The zero-order chi connectivity index (χ0) is 27.8. The molecule has 1 aliphatic heterocycles. The van der Waals surface area contributed by atoms with Gasteiger partial charge in [0.15, 0.2) is 6.61 Å². The molecule has 2 amide bonds. The van der Waals surface area contributed by atoms with Gasteiger partial charge in [0, 0.05) is 30.4 Å². The van der Waals surface area contributed by atoms with Crippen LogP contribution < -0.4 is 15.4 Å². The average molecular weight is 550 g/mol. The number of nitrogens with zero attached hydrogens (tertiary/aromatic N) is 2. The topological polar surface area (TPSA) is 134 Å². The maximum atomic E-state index is 13.2. The molecule has 2 heterocycles. The van der Waals surface area contributed by atoms with Gasteiger partial charge in [-0.25, -0.2) is 9.78 Å². The number of esters is 1. The molecule has 1 aliphatic rings. The lowest BCUT2D eigenvalue weighted by molar-refractivity contribution is -0.145. The Labute approximate surface area is 230 Å². The van der Waals surface area contributed by atoms with E-state index in [1.165, 1.54) is 24.4 Å². The molecule has 0 atom stereocenters. The first-order chi connectivity index (χ1) is 18.8. The van der Waals surface area contributed by atoms with Crippen LogP contribution in [0, 0.1) is 5.41 Å². The number of amidine groups is 1. The number of halogens is 1. The number of carbonyl (C=O) groups excluding carboxylic acids is 3. The lowest BCUT2D eigenvalue weighted by atomic mass is 10.1. The molecule has 0 radical (unpaired) electrons. The second kappa shape index (κ2) is 12.9. The van der Waals surface area contributed by atoms with Crippen molar-refractivity contribution in [3.8, 4) is 5.75 Å². The summed E-state index contributed by atoms with van der Waals surface area (Å²) in [6.07, 6.45) is 3.53. The number of benzene rings is 2. The van der Waals surface area contributed by atoms with Gasteiger partial charge in [0.2, 0.25) is 0 Å². The first-order valence-corrected chi connectivity index (χ1v) is 12.8. The molecule has 1 aromatic heterocycles. The van der Waals surface area contributed by atoms with Gasteiger partial charge in [-0.1, -0.05) is 23.7 Å². The predicted octanol–water partition coefficient (Wildman–Crippen LogP) is 4.60. The highest BCUT2D eigenvalue weighted by atomic mass is 35.5. The Hall–Kier alpha value is -4.44. The summed E-state index contributed by atoms with van der Waals surface area (Å²) in [4.78, 5) is 44.0. The quantitative estimate of drug-likeness (QED) is 0.202. The number of anilines is 2. The Bertz CT molecular complexity index is 1360. The highest BCUT2D eigenvalue weighted by Crippen LogP contribution is 2.25. The molecule has 1 fully saturated rings. The molecule has 39 heavy (non-hydrogen) atoms. The third-order valence-electron chi connectivity index (χ3n) is 5.96. The number of hydrogen-bond donors (Lipinski definition) is 3. The molecule has 3 aromatic rings. The average Bonchev–Trinajstić information content (AvgIpc) is 3.49. The summed E-state index contributed by atoms with van der Waals surface area (Å²) < 4.78 is 10.3. The van der Waals surface area contributed by atoms with Crippen molar-refractivity contribution in [1.29, 1.82) is 5.41 Å². The number of nitrogens with one attached hydrogen (secondary N) is 3. The SMILES string of the molecule is CCOC(=O)COc1ccc(NC(=O)c2ccc(C(=N)N3CCCC3)cc2)c(C(=O)Nc2ccc(Cl)cn2)c1. The van der Waals surface area contributed by atoms with Crippen LogP contribution in [0.25, 0.3) is 0 Å². The van der Waals surface area contributed by atoms with Crippen LogP contribution in [0.5, 0.6) is 5.75 Å². The van der Waals surface area contributed by atoms with E-state index in [2.05, 4.69) is 15.6 Å². The first-order valence-electron chi connectivity index (χ1n) is 12.4. The van der Waals surface area contributed by atoms with Crippen LogP contribution in [-0.2, 0) is 9.53 Å². The van der Waals surface area contributed by atoms with E-state index in [9.17, 15) is 14.4 Å². The number of likely N-dealkylation sites (tertiary alicyclic amines) is 1. The zero-order valence-corrected chi connectivity index (χ0v) is 22.1. The Morgan fingerprint density at radius 3 is 2.36 bits per heavy atom. The van der Waals surface area contributed by atoms with Crippen molar-refractivity contribution in [2.75, 3.05) is 36.9 Å². The summed E-state index contributed by atoms with van der Waals surface area (Å²) in [6, 6.07) is 14.4. The number of aromatic nitrogens is 1. The Balaban J connectivity index is 1.52. The van der Waals surface area contributed by atoms with Crippen LogP contribution in [0.2, 0.25) is 5.02 Å². The van der Waals surface area contributed by atoms with Crippen molar-refractivity contribution in [3.63, 3.8) is 0 Å². The maximum Gasteiger partial charge on any atom is 0.344 e. The van der Waals surface area contributed by atoms with Crippen molar-refractivity contribution in [1.82, 2.24) is 9.88 Å². The van der Waals surface area contributed by atoms with Crippen LogP contribution in [0.1, 0.15) is 46.0 Å². The first kappa shape index (κ1) is 27.6. The fourth-order valence-corrected chi connectivity index (χ4v) is 4.10. The molecule has 0 unspecified atom stereocenters. The summed E-state index contributed by atoms with van der Waals surface area (Å²) in [6.45, 7) is 3.29. The van der Waals surface area contributed by atoms with E-state index in [0.717, 1.165) is 31.5 Å². The lowest BCUT2D eigenvalue weighted by Crippen LogP contribution is -2.27. The van der Waals surface area contributed by atoms with Gasteiger partial charge in [-0.05, 0) is 62.2 Å². The van der Waals surface area contributed by atoms with E-state index in [1.807, 2.05) is 4.90 Å². The minimum absolute atomic E-state index is 0.0916. The molecular weight excluding hydrogens is 522 g/mol. The molecule has 3 N–H and O–H groups in total.